The summed E-state index contributed by atoms with van der Waals surface area (Å²) in [5.74, 6) is 0.823. The van der Waals surface area contributed by atoms with Gasteiger partial charge in [-0.25, -0.2) is 9.37 Å². The average molecular weight is 367 g/mol. The number of halogens is 1. The molecule has 0 aliphatic carbocycles. The summed E-state index contributed by atoms with van der Waals surface area (Å²) in [7, 11) is 0. The van der Waals surface area contributed by atoms with Gasteiger partial charge in [0.05, 0.1) is 24.0 Å². The van der Waals surface area contributed by atoms with Crippen LogP contribution in [-0.2, 0) is 0 Å². The second-order valence-corrected chi connectivity index (χ2v) is 6.49. The zero-order valence-electron chi connectivity index (χ0n) is 15.2. The molecule has 7 heteroatoms. The van der Waals surface area contributed by atoms with Crippen molar-refractivity contribution in [3.05, 3.63) is 60.5 Å². The van der Waals surface area contributed by atoms with Crippen LogP contribution in [0.2, 0.25) is 0 Å². The van der Waals surface area contributed by atoms with E-state index in [4.69, 9.17) is 0 Å². The Morgan fingerprint density at radius 1 is 1.04 bits per heavy atom. The lowest BCUT2D eigenvalue weighted by Gasteiger charge is -2.20. The predicted octanol–water partition coefficient (Wildman–Crippen LogP) is 3.85. The first-order valence-electron chi connectivity index (χ1n) is 8.75. The van der Waals surface area contributed by atoms with Gasteiger partial charge in [0.2, 0.25) is 5.95 Å². The molecule has 3 aromatic rings. The molecule has 6 nitrogen and oxygen atoms in total. The van der Waals surface area contributed by atoms with Crippen LogP contribution in [0.5, 0.6) is 0 Å². The number of aliphatic hydroxyl groups excluding tert-OH is 1. The fourth-order valence-electron chi connectivity index (χ4n) is 2.49. The molecule has 0 spiro atoms. The molecule has 0 amide bonds. The van der Waals surface area contributed by atoms with Gasteiger partial charge in [-0.15, -0.1) is 0 Å². The second kappa shape index (κ2) is 8.55. The molecule has 0 unspecified atom stereocenters. The fraction of sp³-hybridized carbons (Fsp3) is 0.250. The largest absolute Gasteiger partial charge is 0.394 e. The molecule has 3 rings (SSSR count). The Morgan fingerprint density at radius 2 is 1.81 bits per heavy atom. The third kappa shape index (κ3) is 4.98. The van der Waals surface area contributed by atoms with E-state index in [-0.39, 0.29) is 24.4 Å². The number of nitrogens with zero attached hydrogens (tertiary/aromatic N) is 3. The number of anilines is 3. The van der Waals surface area contributed by atoms with Gasteiger partial charge >= 0.3 is 0 Å². The van der Waals surface area contributed by atoms with Gasteiger partial charge in [0.1, 0.15) is 11.6 Å². The molecule has 27 heavy (non-hydrogen) atoms. The Hall–Kier alpha value is -3.06. The molecular formula is C20H22FN5O. The lowest BCUT2D eigenvalue weighted by molar-refractivity contribution is 0.248. The van der Waals surface area contributed by atoms with Crippen molar-refractivity contribution in [1.29, 1.82) is 0 Å². The van der Waals surface area contributed by atoms with E-state index >= 15 is 0 Å². The van der Waals surface area contributed by atoms with Crippen molar-refractivity contribution >= 4 is 17.5 Å². The van der Waals surface area contributed by atoms with Crippen LogP contribution in [0.4, 0.5) is 21.8 Å². The number of hydrogen-bond acceptors (Lipinski definition) is 6. The molecule has 1 atom stereocenters. The Kier molecular flexibility index (Phi) is 5.93. The van der Waals surface area contributed by atoms with E-state index in [2.05, 4.69) is 25.6 Å². The molecule has 2 heterocycles. The highest BCUT2D eigenvalue weighted by Crippen LogP contribution is 2.23. The maximum Gasteiger partial charge on any atom is 0.225 e. The summed E-state index contributed by atoms with van der Waals surface area (Å²) >= 11 is 0. The smallest absolute Gasteiger partial charge is 0.225 e. The highest BCUT2D eigenvalue weighted by Gasteiger charge is 2.15. The summed E-state index contributed by atoms with van der Waals surface area (Å²) in [5, 5.41) is 15.9. The summed E-state index contributed by atoms with van der Waals surface area (Å²) in [6.07, 6.45) is 1.70. The first-order valence-corrected chi connectivity index (χ1v) is 8.75. The van der Waals surface area contributed by atoms with Crippen LogP contribution in [0, 0.1) is 11.7 Å². The summed E-state index contributed by atoms with van der Waals surface area (Å²) in [6, 6.07) is 13.2. The first-order chi connectivity index (χ1) is 13.0. The summed E-state index contributed by atoms with van der Waals surface area (Å²) in [5.41, 5.74) is 2.05. The number of hydrogen-bond donors (Lipinski definition) is 3. The van der Waals surface area contributed by atoms with Crippen molar-refractivity contribution < 1.29 is 9.50 Å². The Labute approximate surface area is 157 Å². The van der Waals surface area contributed by atoms with E-state index in [9.17, 15) is 9.50 Å². The third-order valence-corrected chi connectivity index (χ3v) is 4.09. The number of aliphatic hydroxyl groups is 1. The van der Waals surface area contributed by atoms with Crippen molar-refractivity contribution in [3.8, 4) is 11.4 Å². The van der Waals surface area contributed by atoms with Crippen LogP contribution in [0.15, 0.2) is 54.7 Å². The SMILES string of the molecule is CC(C)[C@@H](CO)Nc1nc(Nc2ccc(F)cc2)cc(-c2ccccn2)n1. The molecule has 1 aromatic carbocycles. The maximum atomic E-state index is 13.1. The van der Waals surface area contributed by atoms with Crippen LogP contribution >= 0.6 is 0 Å². The van der Waals surface area contributed by atoms with Gasteiger partial charge < -0.3 is 15.7 Å². The minimum absolute atomic E-state index is 0.0322. The molecule has 0 aliphatic rings. The monoisotopic (exact) mass is 367 g/mol. The zero-order valence-corrected chi connectivity index (χ0v) is 15.2. The molecule has 140 valence electrons. The van der Waals surface area contributed by atoms with Crippen LogP contribution in [-0.4, -0.2) is 32.7 Å². The normalized spacial score (nSPS) is 12.0. The number of aromatic nitrogens is 3. The molecule has 0 radical (unpaired) electrons. The van der Waals surface area contributed by atoms with Crippen LogP contribution in [0.25, 0.3) is 11.4 Å². The highest BCUT2D eigenvalue weighted by molar-refractivity contribution is 5.65. The number of pyridine rings is 1. The minimum atomic E-state index is -0.303. The lowest BCUT2D eigenvalue weighted by Crippen LogP contribution is -2.30. The quantitative estimate of drug-likeness (QED) is 0.588. The topological polar surface area (TPSA) is 83.0 Å². The van der Waals surface area contributed by atoms with Crippen molar-refractivity contribution in [3.63, 3.8) is 0 Å². The first kappa shape index (κ1) is 18.7. The fourth-order valence-corrected chi connectivity index (χ4v) is 2.49. The maximum absolute atomic E-state index is 13.1. The van der Waals surface area contributed by atoms with Crippen LogP contribution < -0.4 is 10.6 Å². The molecule has 0 bridgehead atoms. The van der Waals surface area contributed by atoms with Crippen molar-refractivity contribution in [2.24, 2.45) is 5.92 Å². The van der Waals surface area contributed by atoms with Gasteiger partial charge in [0.25, 0.3) is 0 Å². The molecule has 0 fully saturated rings. The van der Waals surface area contributed by atoms with E-state index in [0.717, 1.165) is 0 Å². The van der Waals surface area contributed by atoms with Gasteiger partial charge in [-0.3, -0.25) is 4.98 Å². The van der Waals surface area contributed by atoms with E-state index < -0.39 is 0 Å². The van der Waals surface area contributed by atoms with Gasteiger partial charge in [-0.05, 0) is 42.3 Å². The van der Waals surface area contributed by atoms with Gasteiger partial charge in [0.15, 0.2) is 0 Å². The minimum Gasteiger partial charge on any atom is -0.394 e. The zero-order chi connectivity index (χ0) is 19.2. The van der Waals surface area contributed by atoms with E-state index in [1.807, 2.05) is 32.0 Å². The second-order valence-electron chi connectivity index (χ2n) is 6.49. The highest BCUT2D eigenvalue weighted by atomic mass is 19.1. The molecule has 0 saturated heterocycles. The molecular weight excluding hydrogens is 345 g/mol. The lowest BCUT2D eigenvalue weighted by atomic mass is 10.1. The summed E-state index contributed by atoms with van der Waals surface area (Å²) in [6.45, 7) is 3.98. The average Bonchev–Trinajstić information content (AvgIpc) is 2.68. The summed E-state index contributed by atoms with van der Waals surface area (Å²) < 4.78 is 13.1. The molecule has 3 N–H and O–H groups in total. The Balaban J connectivity index is 1.96. The summed E-state index contributed by atoms with van der Waals surface area (Å²) in [4.78, 5) is 13.4. The number of benzene rings is 1. The molecule has 0 aliphatic heterocycles. The molecule has 0 saturated carbocycles. The van der Waals surface area contributed by atoms with E-state index in [1.54, 1.807) is 24.4 Å². The number of rotatable bonds is 7. The Bertz CT molecular complexity index is 871. The van der Waals surface area contributed by atoms with Gasteiger partial charge in [0, 0.05) is 18.0 Å². The van der Waals surface area contributed by atoms with Crippen LogP contribution in [0.1, 0.15) is 13.8 Å². The van der Waals surface area contributed by atoms with Crippen molar-refractivity contribution in [2.45, 2.75) is 19.9 Å². The van der Waals surface area contributed by atoms with Crippen LogP contribution in [0.3, 0.4) is 0 Å². The van der Waals surface area contributed by atoms with E-state index in [1.165, 1.54) is 12.1 Å². The number of nitrogens with one attached hydrogen (secondary N) is 2. The standard InChI is InChI=1S/C20H22FN5O/c1-13(2)18(12-27)25-20-24-17(16-5-3-4-10-22-16)11-19(26-20)23-15-8-6-14(21)7-9-15/h3-11,13,18,27H,12H2,1-2H3,(H2,23,24,25,26)/t18-/m1/s1. The Morgan fingerprint density at radius 3 is 2.44 bits per heavy atom. The predicted molar refractivity (Wildman–Crippen MR) is 104 cm³/mol. The van der Waals surface area contributed by atoms with E-state index in [0.29, 0.717) is 28.8 Å². The van der Waals surface area contributed by atoms with Gasteiger partial charge in [-0.1, -0.05) is 19.9 Å². The molecule has 2 aromatic heterocycles. The third-order valence-electron chi connectivity index (χ3n) is 4.09. The van der Waals surface area contributed by atoms with Crippen molar-refractivity contribution in [2.75, 3.05) is 17.2 Å². The van der Waals surface area contributed by atoms with Gasteiger partial charge in [-0.2, -0.15) is 4.98 Å². The van der Waals surface area contributed by atoms with Crippen molar-refractivity contribution in [1.82, 2.24) is 15.0 Å².